The molecule has 2 aromatic rings. The van der Waals surface area contributed by atoms with Gasteiger partial charge < -0.3 is 20.4 Å². The van der Waals surface area contributed by atoms with Crippen molar-refractivity contribution in [2.45, 2.75) is 19.3 Å². The minimum atomic E-state index is -0.409. The third-order valence-electron chi connectivity index (χ3n) is 7.22. The van der Waals surface area contributed by atoms with Crippen LogP contribution in [0.25, 0.3) is 5.69 Å². The standard InChI is InChI=1S/C24H33N7O2/c32-22(30-15-10-25-11-16-30)27-21-6-13-31(23(33)28-21)20-3-1-19(2-4-20)5-12-29-14-8-24(18-29)7-9-26-17-24/h1-4,6,13,25-26H,5,7-12,14-18H2,(H,27,28,32,33). The van der Waals surface area contributed by atoms with Crippen LogP contribution in [0.4, 0.5) is 10.6 Å². The summed E-state index contributed by atoms with van der Waals surface area (Å²) in [6, 6.07) is 9.54. The van der Waals surface area contributed by atoms with Crippen molar-refractivity contribution in [2.75, 3.05) is 64.2 Å². The van der Waals surface area contributed by atoms with Crippen molar-refractivity contribution >= 4 is 11.8 Å². The molecule has 3 N–H and O–H groups in total. The molecule has 5 rings (SSSR count). The quantitative estimate of drug-likeness (QED) is 0.625. The number of carbonyl (C=O) groups excluding carboxylic acids is 1. The number of nitrogens with zero attached hydrogens (tertiary/aromatic N) is 4. The maximum atomic E-state index is 12.6. The molecule has 2 amide bonds. The van der Waals surface area contributed by atoms with Crippen LogP contribution in [0, 0.1) is 5.41 Å². The third kappa shape index (κ3) is 5.10. The number of hydrogen-bond donors (Lipinski definition) is 3. The van der Waals surface area contributed by atoms with E-state index in [-0.39, 0.29) is 11.8 Å². The molecule has 1 spiro atoms. The van der Waals surface area contributed by atoms with Gasteiger partial charge in [-0.2, -0.15) is 4.98 Å². The first kappa shape index (κ1) is 22.1. The predicted octanol–water partition coefficient (Wildman–Crippen LogP) is 0.898. The van der Waals surface area contributed by atoms with Gasteiger partial charge in [0.15, 0.2) is 0 Å². The second kappa shape index (κ2) is 9.62. The van der Waals surface area contributed by atoms with E-state index in [0.29, 0.717) is 18.5 Å². The maximum Gasteiger partial charge on any atom is 0.354 e. The normalized spacial score (nSPS) is 23.3. The highest BCUT2D eigenvalue weighted by atomic mass is 16.2. The van der Waals surface area contributed by atoms with Gasteiger partial charge in [-0.3, -0.25) is 9.88 Å². The smallest absolute Gasteiger partial charge is 0.322 e. The van der Waals surface area contributed by atoms with E-state index in [1.807, 2.05) is 12.1 Å². The average molecular weight is 452 g/mol. The van der Waals surface area contributed by atoms with Gasteiger partial charge in [0, 0.05) is 52.0 Å². The van der Waals surface area contributed by atoms with E-state index in [4.69, 9.17) is 0 Å². The average Bonchev–Trinajstić information content (AvgIpc) is 3.48. The number of carbonyl (C=O) groups is 1. The molecule has 1 unspecified atom stereocenters. The highest BCUT2D eigenvalue weighted by Crippen LogP contribution is 2.35. The minimum Gasteiger partial charge on any atom is -0.322 e. The van der Waals surface area contributed by atoms with Crippen LogP contribution in [0.3, 0.4) is 0 Å². The van der Waals surface area contributed by atoms with Gasteiger partial charge in [0.05, 0.1) is 5.69 Å². The third-order valence-corrected chi connectivity index (χ3v) is 7.22. The first-order valence-corrected chi connectivity index (χ1v) is 12.0. The Morgan fingerprint density at radius 2 is 1.85 bits per heavy atom. The van der Waals surface area contributed by atoms with Crippen LogP contribution in [0.2, 0.25) is 0 Å². The van der Waals surface area contributed by atoms with E-state index in [1.165, 1.54) is 42.6 Å². The van der Waals surface area contributed by atoms with Crippen molar-refractivity contribution in [3.63, 3.8) is 0 Å². The summed E-state index contributed by atoms with van der Waals surface area (Å²) in [6.07, 6.45) is 5.28. The summed E-state index contributed by atoms with van der Waals surface area (Å²) < 4.78 is 1.50. The molecule has 3 aliphatic rings. The van der Waals surface area contributed by atoms with Gasteiger partial charge >= 0.3 is 11.7 Å². The lowest BCUT2D eigenvalue weighted by molar-refractivity contribution is 0.204. The molecule has 0 aliphatic carbocycles. The molecule has 176 valence electrons. The van der Waals surface area contributed by atoms with E-state index >= 15 is 0 Å². The van der Waals surface area contributed by atoms with Crippen molar-refractivity contribution in [2.24, 2.45) is 5.41 Å². The van der Waals surface area contributed by atoms with Crippen molar-refractivity contribution < 1.29 is 4.79 Å². The molecular formula is C24H33N7O2. The Morgan fingerprint density at radius 1 is 1.03 bits per heavy atom. The summed E-state index contributed by atoms with van der Waals surface area (Å²) in [7, 11) is 0. The Hall–Kier alpha value is -2.75. The molecule has 4 heterocycles. The summed E-state index contributed by atoms with van der Waals surface area (Å²) >= 11 is 0. The number of likely N-dealkylation sites (tertiary alicyclic amines) is 1. The lowest BCUT2D eigenvalue weighted by Gasteiger charge is -2.27. The van der Waals surface area contributed by atoms with Gasteiger partial charge in [-0.25, -0.2) is 9.59 Å². The second-order valence-electron chi connectivity index (χ2n) is 9.50. The van der Waals surface area contributed by atoms with E-state index in [1.54, 1.807) is 17.2 Å². The number of hydrogen-bond acceptors (Lipinski definition) is 6. The number of anilines is 1. The first-order valence-electron chi connectivity index (χ1n) is 12.0. The van der Waals surface area contributed by atoms with Gasteiger partial charge in [0.2, 0.25) is 0 Å². The summed E-state index contributed by atoms with van der Waals surface area (Å²) in [5, 5.41) is 9.46. The number of piperazine rings is 1. The van der Waals surface area contributed by atoms with E-state index in [0.717, 1.165) is 38.3 Å². The Bertz CT molecular complexity index is 1020. The molecule has 0 saturated carbocycles. The highest BCUT2D eigenvalue weighted by Gasteiger charge is 2.39. The molecule has 3 saturated heterocycles. The van der Waals surface area contributed by atoms with E-state index in [9.17, 15) is 9.59 Å². The molecular weight excluding hydrogens is 418 g/mol. The number of aromatic nitrogens is 2. The van der Waals surface area contributed by atoms with Crippen molar-refractivity contribution in [1.29, 1.82) is 0 Å². The molecule has 3 fully saturated rings. The Labute approximate surface area is 194 Å². The Morgan fingerprint density at radius 3 is 2.58 bits per heavy atom. The fourth-order valence-corrected chi connectivity index (χ4v) is 5.20. The maximum absolute atomic E-state index is 12.6. The van der Waals surface area contributed by atoms with Crippen LogP contribution in [0.1, 0.15) is 18.4 Å². The Balaban J connectivity index is 1.16. The van der Waals surface area contributed by atoms with E-state index in [2.05, 4.69) is 38.0 Å². The molecule has 1 aromatic heterocycles. The summed E-state index contributed by atoms with van der Waals surface area (Å²) in [6.45, 7) is 8.63. The van der Waals surface area contributed by atoms with Crippen molar-refractivity contribution in [3.05, 3.63) is 52.6 Å². The zero-order valence-corrected chi connectivity index (χ0v) is 19.1. The first-order chi connectivity index (χ1) is 16.1. The largest absolute Gasteiger partial charge is 0.354 e. The van der Waals surface area contributed by atoms with Crippen molar-refractivity contribution in [3.8, 4) is 5.69 Å². The highest BCUT2D eigenvalue weighted by molar-refractivity contribution is 5.88. The molecule has 1 atom stereocenters. The second-order valence-corrected chi connectivity index (χ2v) is 9.50. The van der Waals surface area contributed by atoms with Gasteiger partial charge in [-0.15, -0.1) is 0 Å². The number of urea groups is 1. The van der Waals surface area contributed by atoms with Crippen LogP contribution in [0.5, 0.6) is 0 Å². The van der Waals surface area contributed by atoms with Crippen LogP contribution in [-0.2, 0) is 6.42 Å². The van der Waals surface area contributed by atoms with E-state index < -0.39 is 5.69 Å². The van der Waals surface area contributed by atoms with Gasteiger partial charge in [-0.05, 0) is 61.5 Å². The lowest BCUT2D eigenvalue weighted by atomic mass is 9.87. The van der Waals surface area contributed by atoms with Crippen LogP contribution >= 0.6 is 0 Å². The summed E-state index contributed by atoms with van der Waals surface area (Å²) in [4.78, 5) is 33.3. The van der Waals surface area contributed by atoms with Gasteiger partial charge in [-0.1, -0.05) is 12.1 Å². The zero-order chi connectivity index (χ0) is 22.7. The SMILES string of the molecule is O=C(Nc1ccn(-c2ccc(CCN3CCC4(CCNC4)C3)cc2)c(=O)n1)N1CCNCC1. The summed E-state index contributed by atoms with van der Waals surface area (Å²) in [5.41, 5.74) is 2.14. The molecule has 9 nitrogen and oxygen atoms in total. The minimum absolute atomic E-state index is 0.223. The topological polar surface area (TPSA) is 94.5 Å². The Kier molecular flexibility index (Phi) is 6.43. The lowest BCUT2D eigenvalue weighted by Crippen LogP contribution is -2.48. The molecule has 0 bridgehead atoms. The molecule has 3 aliphatic heterocycles. The fraction of sp³-hybridized carbons (Fsp3) is 0.542. The zero-order valence-electron chi connectivity index (χ0n) is 19.1. The fourth-order valence-electron chi connectivity index (χ4n) is 5.20. The van der Waals surface area contributed by atoms with Gasteiger partial charge in [0.25, 0.3) is 0 Å². The molecule has 0 radical (unpaired) electrons. The number of nitrogens with one attached hydrogen (secondary N) is 3. The van der Waals surface area contributed by atoms with Crippen LogP contribution in [0.15, 0.2) is 41.3 Å². The van der Waals surface area contributed by atoms with Crippen LogP contribution in [-0.4, -0.2) is 84.3 Å². The van der Waals surface area contributed by atoms with Crippen molar-refractivity contribution in [1.82, 2.24) is 30.0 Å². The molecule has 1 aromatic carbocycles. The number of rotatable bonds is 5. The monoisotopic (exact) mass is 451 g/mol. The van der Waals surface area contributed by atoms with Crippen LogP contribution < -0.4 is 21.6 Å². The summed E-state index contributed by atoms with van der Waals surface area (Å²) in [5.74, 6) is 0.275. The number of amides is 2. The predicted molar refractivity (Wildman–Crippen MR) is 128 cm³/mol. The molecule has 9 heteroatoms. The number of benzene rings is 1. The molecule has 33 heavy (non-hydrogen) atoms. The van der Waals surface area contributed by atoms with Gasteiger partial charge in [0.1, 0.15) is 5.82 Å².